The van der Waals surface area contributed by atoms with Crippen LogP contribution in [0.3, 0.4) is 0 Å². The number of carbonyl (C=O) groups is 1. The summed E-state index contributed by atoms with van der Waals surface area (Å²) in [6.07, 6.45) is -4.34. The van der Waals surface area contributed by atoms with E-state index in [0.29, 0.717) is 12.2 Å². The number of benzene rings is 3. The quantitative estimate of drug-likeness (QED) is 0.247. The Bertz CT molecular complexity index is 1720. The third-order valence-corrected chi connectivity index (χ3v) is 10.1. The molecule has 1 amide bonds. The van der Waals surface area contributed by atoms with Crippen molar-refractivity contribution in [3.63, 3.8) is 0 Å². The number of anilines is 3. The molecule has 0 aromatic heterocycles. The number of rotatable bonds is 5. The van der Waals surface area contributed by atoms with Crippen LogP contribution in [-0.4, -0.2) is 41.7 Å². The van der Waals surface area contributed by atoms with Gasteiger partial charge in [0, 0.05) is 23.6 Å². The lowest BCUT2D eigenvalue weighted by molar-refractivity contribution is -0.137. The molecule has 232 valence electrons. The summed E-state index contributed by atoms with van der Waals surface area (Å²) in [6.45, 7) is 5.65. The van der Waals surface area contributed by atoms with Crippen LogP contribution in [-0.2, 0) is 21.1 Å². The zero-order valence-electron chi connectivity index (χ0n) is 24.2. The van der Waals surface area contributed by atoms with Gasteiger partial charge in [-0.25, -0.2) is 0 Å². The molecule has 5 rings (SSSR count). The first-order chi connectivity index (χ1) is 20.5. The number of hydrogen-bond donors (Lipinski definition) is 2. The predicted molar refractivity (Wildman–Crippen MR) is 165 cm³/mol. The van der Waals surface area contributed by atoms with Crippen LogP contribution in [0.4, 0.5) is 30.2 Å². The molecule has 3 aromatic carbocycles. The zero-order chi connectivity index (χ0) is 32.2. The van der Waals surface area contributed by atoms with E-state index < -0.39 is 49.6 Å². The van der Waals surface area contributed by atoms with Gasteiger partial charge in [0.25, 0.3) is 16.0 Å². The van der Waals surface area contributed by atoms with Gasteiger partial charge in [-0.1, -0.05) is 29.8 Å². The number of amides is 1. The van der Waals surface area contributed by atoms with Crippen LogP contribution >= 0.6 is 12.6 Å². The van der Waals surface area contributed by atoms with Gasteiger partial charge in [-0.2, -0.15) is 26.9 Å². The summed E-state index contributed by atoms with van der Waals surface area (Å²) in [4.78, 5) is 18.6. The minimum absolute atomic E-state index is 0.0313. The van der Waals surface area contributed by atoms with Crippen molar-refractivity contribution >= 4 is 45.7 Å². The van der Waals surface area contributed by atoms with Crippen molar-refractivity contribution in [1.29, 1.82) is 5.26 Å². The van der Waals surface area contributed by atoms with Gasteiger partial charge in [0.05, 0.1) is 28.5 Å². The number of thiol groups is 1. The maximum Gasteiger partial charge on any atom is 0.417 e. The molecule has 2 heterocycles. The van der Waals surface area contributed by atoms with Crippen molar-refractivity contribution in [3.8, 4) is 6.07 Å². The molecule has 3 aromatic rings. The van der Waals surface area contributed by atoms with Gasteiger partial charge in [-0.05, 0) is 81.6 Å². The van der Waals surface area contributed by atoms with Crippen molar-refractivity contribution in [3.05, 3.63) is 89.0 Å². The number of nitrogens with zero attached hydrogens (tertiary/aromatic N) is 4. The summed E-state index contributed by atoms with van der Waals surface area (Å²) < 4.78 is 74.9. The van der Waals surface area contributed by atoms with E-state index in [9.17, 15) is 36.2 Å². The van der Waals surface area contributed by atoms with Gasteiger partial charge in [-0.15, -0.1) is 12.6 Å². The fraction of sp³-hybridized carbons (Fsp3) is 0.355. The maximum absolute atomic E-state index is 13.7. The molecular weight excluding hydrogens is 613 g/mol. The van der Waals surface area contributed by atoms with E-state index in [2.05, 4.69) is 17.5 Å². The van der Waals surface area contributed by atoms with Crippen molar-refractivity contribution in [1.82, 2.24) is 0 Å². The lowest BCUT2D eigenvalue weighted by Crippen LogP contribution is -2.45. The molecule has 0 radical (unpaired) electrons. The van der Waals surface area contributed by atoms with Crippen molar-refractivity contribution in [2.24, 2.45) is 0 Å². The van der Waals surface area contributed by atoms with E-state index in [-0.39, 0.29) is 24.6 Å². The summed E-state index contributed by atoms with van der Waals surface area (Å²) in [5.74, 6) is -0.467. The molecule has 0 spiro atoms. The summed E-state index contributed by atoms with van der Waals surface area (Å²) in [5.41, 5.74) is -0.485. The third kappa shape index (κ3) is 5.74. The van der Waals surface area contributed by atoms with Gasteiger partial charge in [0.15, 0.2) is 5.50 Å². The van der Waals surface area contributed by atoms with E-state index >= 15 is 0 Å². The maximum atomic E-state index is 13.7. The molecule has 8 nitrogen and oxygen atoms in total. The van der Waals surface area contributed by atoms with Gasteiger partial charge in [-0.3, -0.25) is 14.2 Å². The lowest BCUT2D eigenvalue weighted by atomic mass is 9.93. The molecule has 0 aliphatic carbocycles. The Morgan fingerprint density at radius 1 is 1.00 bits per heavy atom. The summed E-state index contributed by atoms with van der Waals surface area (Å²) in [7, 11) is -4.22. The average molecular weight is 645 g/mol. The highest BCUT2D eigenvalue weighted by Gasteiger charge is 2.51. The second-order valence-electron chi connectivity index (χ2n) is 11.6. The molecule has 44 heavy (non-hydrogen) atoms. The highest BCUT2D eigenvalue weighted by Crippen LogP contribution is 2.43. The van der Waals surface area contributed by atoms with Gasteiger partial charge >= 0.3 is 6.18 Å². The minimum atomic E-state index is -4.78. The predicted octanol–water partition coefficient (Wildman–Crippen LogP) is 6.33. The molecule has 13 heteroatoms. The van der Waals surface area contributed by atoms with Crippen LogP contribution in [0, 0.1) is 18.3 Å². The zero-order valence-corrected chi connectivity index (χ0v) is 25.9. The smallest absolute Gasteiger partial charge is 0.364 e. The van der Waals surface area contributed by atoms with Crippen molar-refractivity contribution < 1.29 is 30.9 Å². The molecular formula is C31H31F3N4O4S2. The number of hydrogen-bond acceptors (Lipinski definition) is 7. The standard InChI is InChI=1S/C31H31F3N4O4S2/c1-19-4-6-20(7-5-19)27-17-25(44(40,41)42)14-15-36(27)22-10-12-23(13-11-22)38-29(43)37(28(39)30(38,2)3)24-9-8-21(18-35)26(16-24)31(32,33)34/h4-13,16,25,27,29,43H,14-15,17H2,1-3H3,(H,40,41,42). The Kier molecular flexibility index (Phi) is 8.15. The van der Waals surface area contributed by atoms with Crippen molar-refractivity contribution in [2.75, 3.05) is 21.2 Å². The minimum Gasteiger partial charge on any atom is -0.364 e. The number of nitriles is 1. The lowest BCUT2D eigenvalue weighted by Gasteiger charge is -2.41. The molecule has 2 fully saturated rings. The van der Waals surface area contributed by atoms with Crippen LogP contribution in [0.5, 0.6) is 0 Å². The van der Waals surface area contributed by atoms with Crippen LogP contribution in [0.1, 0.15) is 55.0 Å². The monoisotopic (exact) mass is 644 g/mol. The van der Waals surface area contributed by atoms with Gasteiger partial charge in [0.1, 0.15) is 5.54 Å². The number of halogens is 3. The highest BCUT2D eigenvalue weighted by molar-refractivity contribution is 7.86. The number of alkyl halides is 3. The second kappa shape index (κ2) is 11.3. The first-order valence-corrected chi connectivity index (χ1v) is 15.9. The molecule has 2 saturated heterocycles. The Morgan fingerprint density at radius 3 is 2.16 bits per heavy atom. The largest absolute Gasteiger partial charge is 0.417 e. The highest BCUT2D eigenvalue weighted by atomic mass is 32.2. The fourth-order valence-corrected chi connectivity index (χ4v) is 7.54. The molecule has 3 unspecified atom stereocenters. The van der Waals surface area contributed by atoms with Crippen LogP contribution in [0.2, 0.25) is 0 Å². The summed E-state index contributed by atoms with van der Waals surface area (Å²) in [5, 5.41) is 8.29. The molecule has 0 bridgehead atoms. The van der Waals surface area contributed by atoms with Crippen LogP contribution in [0.25, 0.3) is 0 Å². The first-order valence-electron chi connectivity index (χ1n) is 13.9. The number of piperidine rings is 1. The Morgan fingerprint density at radius 2 is 1.59 bits per heavy atom. The van der Waals surface area contributed by atoms with Crippen LogP contribution in [0.15, 0.2) is 66.7 Å². The molecule has 1 N–H and O–H groups in total. The third-order valence-electron chi connectivity index (χ3n) is 8.41. The van der Waals surface area contributed by atoms with Gasteiger partial charge in [0.2, 0.25) is 0 Å². The van der Waals surface area contributed by atoms with E-state index in [1.54, 1.807) is 36.9 Å². The van der Waals surface area contributed by atoms with E-state index in [1.807, 2.05) is 43.3 Å². The molecule has 3 atom stereocenters. The second-order valence-corrected chi connectivity index (χ2v) is 13.7. The van der Waals surface area contributed by atoms with Crippen LogP contribution < -0.4 is 14.7 Å². The van der Waals surface area contributed by atoms with Gasteiger partial charge < -0.3 is 9.80 Å². The first kappa shape index (κ1) is 31.7. The normalized spacial score (nSPS) is 22.3. The average Bonchev–Trinajstić information content (AvgIpc) is 3.14. The number of aryl methyl sites for hydroxylation is 1. The van der Waals surface area contributed by atoms with Crippen molar-refractivity contribution in [2.45, 2.75) is 62.1 Å². The number of carbonyl (C=O) groups excluding carboxylic acids is 1. The fourth-order valence-electron chi connectivity index (χ4n) is 6.05. The van der Waals surface area contributed by atoms with E-state index in [4.69, 9.17) is 0 Å². The summed E-state index contributed by atoms with van der Waals surface area (Å²) >= 11 is 4.66. The van der Waals surface area contributed by atoms with E-state index in [1.165, 1.54) is 11.0 Å². The molecule has 0 saturated carbocycles. The van der Waals surface area contributed by atoms with E-state index in [0.717, 1.165) is 28.9 Å². The molecule has 2 aliphatic heterocycles. The topological polar surface area (TPSA) is 105 Å². The Hall–Kier alpha value is -3.73. The molecule has 2 aliphatic rings. The Balaban J connectivity index is 1.47. The Labute approximate surface area is 259 Å². The summed E-state index contributed by atoms with van der Waals surface area (Å²) in [6, 6.07) is 19.4. The SMILES string of the molecule is Cc1ccc(C2CC(S(=O)(=O)O)CCN2c2ccc(N3C(S)N(c4ccc(C#N)c(C(F)(F)F)c4)C(=O)C3(C)C)cc2)cc1.